The highest BCUT2D eigenvalue weighted by atomic mass is 32.2. The predicted octanol–water partition coefficient (Wildman–Crippen LogP) is 8.71. The van der Waals surface area contributed by atoms with Crippen LogP contribution in [-0.2, 0) is 34.5 Å². The van der Waals surface area contributed by atoms with E-state index in [4.69, 9.17) is 32.9 Å². The van der Waals surface area contributed by atoms with Crippen molar-refractivity contribution >= 4 is 28.6 Å². The summed E-state index contributed by atoms with van der Waals surface area (Å²) in [7, 11) is -3.50. The van der Waals surface area contributed by atoms with Crippen molar-refractivity contribution in [1.82, 2.24) is 14.4 Å². The number of methoxy groups -OCH3 is 1. The normalized spacial score (nSPS) is 22.5. The summed E-state index contributed by atoms with van der Waals surface area (Å²) in [4.78, 5) is 30.8. The highest BCUT2D eigenvalue weighted by Gasteiger charge is 2.31. The van der Waals surface area contributed by atoms with Crippen LogP contribution in [0.2, 0.25) is 0 Å². The number of alkyl halides is 3. The number of halogens is 5. The number of hydrogen-bond donors (Lipinski definition) is 0. The molecule has 1 aromatic heterocycles. The maximum absolute atomic E-state index is 15.7. The maximum atomic E-state index is 15.7. The third-order valence-corrected chi connectivity index (χ3v) is 8.39. The molecule has 278 valence electrons. The number of likely N-dealkylation sites (tertiary alicyclic amines) is 1. The van der Waals surface area contributed by atoms with Crippen molar-refractivity contribution in [1.29, 1.82) is 0 Å². The number of thioether (sulfide) groups is 1. The van der Waals surface area contributed by atoms with E-state index in [1.54, 1.807) is 0 Å². The average molecular weight is 776 g/mol. The molecule has 6 rings (SSSR count). The quantitative estimate of drug-likeness (QED) is 0.0939. The van der Waals surface area contributed by atoms with E-state index < -0.39 is 252 Å². The molecule has 4 aromatic carbocycles. The summed E-state index contributed by atoms with van der Waals surface area (Å²) in [5.74, 6) is -6.35. The zero-order valence-electron chi connectivity index (χ0n) is 53.0. The highest BCUT2D eigenvalue weighted by Crippen LogP contribution is 2.32. The molecular formula is C41H40F5N3O3S. The summed E-state index contributed by atoms with van der Waals surface area (Å²) in [6.07, 6.45) is -6.69. The number of carbonyl (C=O) groups is 1. The monoisotopic (exact) mass is 775 g/mol. The summed E-state index contributed by atoms with van der Waals surface area (Å²) >= 11 is -0.567. The fourth-order valence-corrected chi connectivity index (χ4v) is 5.76. The van der Waals surface area contributed by atoms with Crippen molar-refractivity contribution in [2.45, 2.75) is 55.8 Å². The highest BCUT2D eigenvalue weighted by molar-refractivity contribution is 7.98. The van der Waals surface area contributed by atoms with Gasteiger partial charge in [0.1, 0.15) is 6.50 Å². The number of carbonyl (C=O) groups excluding carboxylic acids is 1. The zero-order chi connectivity index (χ0) is 60.4. The average Bonchev–Trinajstić information content (AvgIpc) is 3.45. The molecule has 2 heterocycles. The molecule has 0 atom stereocenters. The lowest BCUT2D eigenvalue weighted by Crippen LogP contribution is -2.48. The standard InChI is InChI=1S/C41H40F5N3O3S/c1-27-6-15-36-34(22-27)37(50)23-39(53-26-31-4-3-5-35(42)40(31)43)49(36)25-38(51)48(33-16-18-47(19-17-33)20-21-52-2)24-28-7-9-29(10-8-28)30-11-13-32(14-12-30)41(44,45)46/h3-15,22-23,33H,16-21,24-26H2,1-2H3/i2D3,3D,4D,5D,6D,7D,8D,9D,10D,11D,12D,13D,14D,15D,20D2,21D2,22D,23D,25D2,26D2. The second kappa shape index (κ2) is 16.7. The summed E-state index contributed by atoms with van der Waals surface area (Å²) in [6.45, 7) is -12.6. The Hall–Kier alpha value is -4.52. The number of pyridine rings is 1. The molecule has 53 heavy (non-hydrogen) atoms. The Morgan fingerprint density at radius 3 is 2.38 bits per heavy atom. The van der Waals surface area contributed by atoms with Crippen LogP contribution in [0, 0.1) is 18.6 Å². The largest absolute Gasteiger partial charge is 0.416 e. The van der Waals surface area contributed by atoms with E-state index in [2.05, 4.69) is 4.74 Å². The van der Waals surface area contributed by atoms with E-state index in [1.807, 2.05) is 0 Å². The minimum atomic E-state index is -5.46. The smallest absolute Gasteiger partial charge is 0.383 e. The third kappa shape index (κ3) is 9.17. The van der Waals surface area contributed by atoms with Gasteiger partial charge in [-0.1, -0.05) is 59.9 Å². The van der Waals surface area contributed by atoms with Gasteiger partial charge >= 0.3 is 6.18 Å². The van der Waals surface area contributed by atoms with Gasteiger partial charge in [0.05, 0.1) is 52.8 Å². The molecular weight excluding hydrogens is 710 g/mol. The van der Waals surface area contributed by atoms with Crippen LogP contribution in [0.15, 0.2) is 100 Å². The summed E-state index contributed by atoms with van der Waals surface area (Å²) in [5.41, 5.74) is -13.7. The van der Waals surface area contributed by atoms with Crippen LogP contribution in [-0.4, -0.2) is 59.5 Å². The number of nitrogens with zero attached hydrogens (tertiary/aromatic N) is 3. The molecule has 0 unspecified atom stereocenters. The molecule has 12 heteroatoms. The van der Waals surface area contributed by atoms with Gasteiger partial charge in [0.15, 0.2) is 17.1 Å². The summed E-state index contributed by atoms with van der Waals surface area (Å²) < 4.78 is 297. The van der Waals surface area contributed by atoms with Gasteiger partial charge in [-0.25, -0.2) is 8.78 Å². The minimum absolute atomic E-state index is 0.0280. The fourth-order valence-electron chi connectivity index (χ4n) is 5.05. The van der Waals surface area contributed by atoms with Crippen molar-refractivity contribution in [3.63, 3.8) is 0 Å². The lowest BCUT2D eigenvalue weighted by atomic mass is 10.00. The van der Waals surface area contributed by atoms with E-state index in [-0.39, 0.29) is 4.57 Å². The van der Waals surface area contributed by atoms with E-state index in [9.17, 15) is 25.1 Å². The molecule has 0 N–H and O–H groups in total. The molecule has 1 fully saturated rings. The predicted molar refractivity (Wildman–Crippen MR) is 198 cm³/mol. The van der Waals surface area contributed by atoms with Crippen LogP contribution in [0.4, 0.5) is 22.0 Å². The lowest BCUT2D eigenvalue weighted by Gasteiger charge is -2.39. The molecule has 5 aromatic rings. The summed E-state index contributed by atoms with van der Waals surface area (Å²) in [5, 5.41) is -2.44. The molecule has 0 spiro atoms. The summed E-state index contributed by atoms with van der Waals surface area (Å²) in [6, 6.07) is -21.7. The molecule has 1 amide bonds. The van der Waals surface area contributed by atoms with Crippen LogP contribution in [0.25, 0.3) is 22.0 Å². The first-order valence-corrected chi connectivity index (χ1v) is 16.0. The molecule has 1 aliphatic rings. The van der Waals surface area contributed by atoms with Crippen LogP contribution < -0.4 is 5.43 Å². The number of rotatable bonds is 12. The van der Waals surface area contributed by atoms with Crippen LogP contribution >= 0.6 is 11.8 Å². The molecule has 0 saturated carbocycles. The molecule has 1 saturated heterocycles. The van der Waals surface area contributed by atoms with Crippen molar-refractivity contribution in [2.75, 3.05) is 33.2 Å². The number of benzene rings is 4. The Kier molecular flexibility index (Phi) is 5.44. The van der Waals surface area contributed by atoms with Gasteiger partial charge in [-0.3, -0.25) is 9.59 Å². The fraction of sp³-hybridized carbons (Fsp3) is 0.317. The Labute approximate surface area is 345 Å². The molecule has 1 aliphatic heterocycles. The van der Waals surface area contributed by atoms with Gasteiger partial charge in [0, 0.05) is 67.4 Å². The lowest BCUT2D eigenvalue weighted by molar-refractivity contribution is -0.137. The Bertz CT molecular complexity index is 3350. The zero-order valence-corrected chi connectivity index (χ0v) is 27.8. The number of aromatic nitrogens is 1. The maximum Gasteiger partial charge on any atom is 0.416 e. The second-order valence-corrected chi connectivity index (χ2v) is 11.9. The molecule has 6 nitrogen and oxygen atoms in total. The Balaban J connectivity index is 1.65. The number of fused-ring (bicyclic) bond motifs is 1. The number of ether oxygens (including phenoxy) is 1. The first-order valence-electron chi connectivity index (χ1n) is 28.2. The van der Waals surface area contributed by atoms with E-state index >= 15 is 9.18 Å². The second-order valence-electron chi connectivity index (χ2n) is 11.1. The first kappa shape index (κ1) is 17.3. The van der Waals surface area contributed by atoms with Gasteiger partial charge in [0.2, 0.25) is 5.91 Å². The Morgan fingerprint density at radius 1 is 1.00 bits per heavy atom. The number of amides is 1. The van der Waals surface area contributed by atoms with E-state index in [0.29, 0.717) is 4.90 Å². The van der Waals surface area contributed by atoms with Crippen molar-refractivity contribution in [2.24, 2.45) is 0 Å². The minimum Gasteiger partial charge on any atom is -0.383 e. The SMILES string of the molecule is [2H]c1c([2H])c(F)c(F)c(C([2H])([2H])Sc2c([2H])c(=O)c3c([2H])c(C)c([2H])c([2H])c3n2C([2H])([2H])C(=O)N(Cc2c([2H])c([2H])c(-c3c([2H])c([2H])c(C(F)(F)F)c([2H])c3[2H])c([2H])c2[2H])C2CCN(C([2H])([2H])C([2H])([2H])OC([2H])([2H])[2H])CC2)c1[2H]. The molecule has 0 radical (unpaired) electrons. The van der Waals surface area contributed by atoms with Gasteiger partial charge < -0.3 is 19.1 Å². The number of hydrogen-bond acceptors (Lipinski definition) is 5. The van der Waals surface area contributed by atoms with Gasteiger partial charge in [-0.15, -0.1) is 11.8 Å². The van der Waals surface area contributed by atoms with Crippen molar-refractivity contribution < 1.29 is 67.1 Å². The van der Waals surface area contributed by atoms with E-state index in [0.717, 1.165) is 11.8 Å². The number of piperidine rings is 1. The van der Waals surface area contributed by atoms with Crippen LogP contribution in [0.5, 0.6) is 0 Å². The Morgan fingerprint density at radius 2 is 1.70 bits per heavy atom. The van der Waals surface area contributed by atoms with E-state index in [1.165, 1.54) is 0 Å². The van der Waals surface area contributed by atoms with Gasteiger partial charge in [-0.05, 0) is 66.7 Å². The van der Waals surface area contributed by atoms with Gasteiger partial charge in [0.25, 0.3) is 0 Å². The van der Waals surface area contributed by atoms with Gasteiger partial charge in [-0.2, -0.15) is 13.2 Å². The van der Waals surface area contributed by atoms with Crippen molar-refractivity contribution in [3.8, 4) is 11.1 Å². The van der Waals surface area contributed by atoms with Crippen LogP contribution in [0.3, 0.4) is 0 Å². The van der Waals surface area contributed by atoms with Crippen LogP contribution in [0.1, 0.15) is 70.7 Å². The molecule has 0 bridgehead atoms. The topological polar surface area (TPSA) is 54.8 Å². The molecule has 0 aliphatic carbocycles. The first-order chi connectivity index (χ1) is 35.8. The third-order valence-electron chi connectivity index (χ3n) is 7.61. The van der Waals surface area contributed by atoms with Crippen molar-refractivity contribution in [3.05, 3.63) is 135 Å².